The van der Waals surface area contributed by atoms with E-state index in [2.05, 4.69) is 59.0 Å². The third-order valence-electron chi connectivity index (χ3n) is 4.02. The van der Waals surface area contributed by atoms with Crippen LogP contribution in [0.2, 0.25) is 0 Å². The lowest BCUT2D eigenvalue weighted by molar-refractivity contribution is 0.505. The summed E-state index contributed by atoms with van der Waals surface area (Å²) in [6.07, 6.45) is 1.08. The van der Waals surface area contributed by atoms with Gasteiger partial charge in [-0.15, -0.1) is 0 Å². The van der Waals surface area contributed by atoms with Crippen LogP contribution in [0.3, 0.4) is 0 Å². The van der Waals surface area contributed by atoms with Crippen LogP contribution >= 0.6 is 0 Å². The smallest absolute Gasteiger partial charge is 0.137 e. The van der Waals surface area contributed by atoms with Gasteiger partial charge in [0.15, 0.2) is 0 Å². The SMILES string of the molecule is CCNCc1oc2c(C)ccc(C(C)C)c2c1CC(C)C. The van der Waals surface area contributed by atoms with Crippen molar-refractivity contribution in [2.24, 2.45) is 5.92 Å². The lowest BCUT2D eigenvalue weighted by Crippen LogP contribution is -2.13. The number of nitrogens with one attached hydrogen (secondary N) is 1. The van der Waals surface area contributed by atoms with Crippen molar-refractivity contribution in [2.45, 2.75) is 60.4 Å². The van der Waals surface area contributed by atoms with E-state index in [1.165, 1.54) is 22.1 Å². The molecule has 0 bridgehead atoms. The van der Waals surface area contributed by atoms with Crippen LogP contribution in [0.1, 0.15) is 63.0 Å². The Morgan fingerprint density at radius 2 is 1.86 bits per heavy atom. The lowest BCUT2D eigenvalue weighted by atomic mass is 9.91. The van der Waals surface area contributed by atoms with E-state index in [1.807, 2.05) is 0 Å². The van der Waals surface area contributed by atoms with Gasteiger partial charge in [-0.3, -0.25) is 0 Å². The van der Waals surface area contributed by atoms with Gasteiger partial charge in [0.05, 0.1) is 6.54 Å². The molecule has 2 rings (SSSR count). The topological polar surface area (TPSA) is 25.2 Å². The Kier molecular flexibility index (Phi) is 5.10. The van der Waals surface area contributed by atoms with E-state index in [1.54, 1.807) is 0 Å². The summed E-state index contributed by atoms with van der Waals surface area (Å²) in [5.74, 6) is 2.27. The molecule has 116 valence electrons. The maximum absolute atomic E-state index is 6.26. The Bertz CT molecular complexity index is 608. The highest BCUT2D eigenvalue weighted by Crippen LogP contribution is 2.36. The Morgan fingerprint density at radius 1 is 1.14 bits per heavy atom. The average molecular weight is 287 g/mol. The van der Waals surface area contributed by atoms with Crippen LogP contribution in [0.15, 0.2) is 16.5 Å². The molecule has 1 aromatic carbocycles. The van der Waals surface area contributed by atoms with Gasteiger partial charge in [0.25, 0.3) is 0 Å². The minimum absolute atomic E-state index is 0.517. The van der Waals surface area contributed by atoms with E-state index in [-0.39, 0.29) is 0 Å². The van der Waals surface area contributed by atoms with Crippen LogP contribution in [0.5, 0.6) is 0 Å². The van der Waals surface area contributed by atoms with E-state index >= 15 is 0 Å². The van der Waals surface area contributed by atoms with Gasteiger partial charge in [0.1, 0.15) is 11.3 Å². The van der Waals surface area contributed by atoms with Crippen LogP contribution in [0.4, 0.5) is 0 Å². The summed E-state index contributed by atoms with van der Waals surface area (Å²) in [6.45, 7) is 15.2. The molecule has 0 atom stereocenters. The molecule has 0 aliphatic heterocycles. The summed E-state index contributed by atoms with van der Waals surface area (Å²) in [7, 11) is 0. The Labute approximate surface area is 128 Å². The van der Waals surface area contributed by atoms with Crippen molar-refractivity contribution in [3.8, 4) is 0 Å². The molecule has 2 nitrogen and oxygen atoms in total. The number of fused-ring (bicyclic) bond motifs is 1. The molecule has 21 heavy (non-hydrogen) atoms. The third kappa shape index (κ3) is 3.32. The van der Waals surface area contributed by atoms with E-state index in [9.17, 15) is 0 Å². The fourth-order valence-corrected chi connectivity index (χ4v) is 2.96. The second-order valence-corrected chi connectivity index (χ2v) is 6.71. The fourth-order valence-electron chi connectivity index (χ4n) is 2.96. The molecular weight excluding hydrogens is 258 g/mol. The highest BCUT2D eigenvalue weighted by atomic mass is 16.3. The second-order valence-electron chi connectivity index (χ2n) is 6.71. The molecule has 2 aromatic rings. The molecule has 1 heterocycles. The first-order valence-corrected chi connectivity index (χ1v) is 8.20. The van der Waals surface area contributed by atoms with Gasteiger partial charge in [0.2, 0.25) is 0 Å². The second kappa shape index (κ2) is 6.65. The molecule has 0 amide bonds. The summed E-state index contributed by atoms with van der Waals surface area (Å²) in [5.41, 5.74) is 5.15. The summed E-state index contributed by atoms with van der Waals surface area (Å²) >= 11 is 0. The molecule has 1 N–H and O–H groups in total. The highest BCUT2D eigenvalue weighted by Gasteiger charge is 2.20. The van der Waals surface area contributed by atoms with E-state index < -0.39 is 0 Å². The largest absolute Gasteiger partial charge is 0.459 e. The molecule has 1 aromatic heterocycles. The van der Waals surface area contributed by atoms with Crippen molar-refractivity contribution in [1.82, 2.24) is 5.32 Å². The molecule has 0 aliphatic carbocycles. The van der Waals surface area contributed by atoms with Crippen molar-refractivity contribution in [3.63, 3.8) is 0 Å². The first-order chi connectivity index (χ1) is 9.95. The number of furan rings is 1. The summed E-state index contributed by atoms with van der Waals surface area (Å²) in [6, 6.07) is 4.47. The monoisotopic (exact) mass is 287 g/mol. The van der Waals surface area contributed by atoms with Crippen LogP contribution in [0, 0.1) is 12.8 Å². The van der Waals surface area contributed by atoms with Crippen molar-refractivity contribution >= 4 is 11.0 Å². The van der Waals surface area contributed by atoms with Gasteiger partial charge in [-0.1, -0.05) is 46.8 Å². The van der Waals surface area contributed by atoms with Crippen LogP contribution < -0.4 is 5.32 Å². The Balaban J connectivity index is 2.67. The summed E-state index contributed by atoms with van der Waals surface area (Å²) in [4.78, 5) is 0. The van der Waals surface area contributed by atoms with Crippen LogP contribution in [-0.2, 0) is 13.0 Å². The van der Waals surface area contributed by atoms with Crippen molar-refractivity contribution < 1.29 is 4.42 Å². The molecule has 0 unspecified atom stereocenters. The number of benzene rings is 1. The van der Waals surface area contributed by atoms with Gasteiger partial charge < -0.3 is 9.73 Å². The van der Waals surface area contributed by atoms with Crippen molar-refractivity contribution in [1.29, 1.82) is 0 Å². The van der Waals surface area contributed by atoms with Crippen LogP contribution in [0.25, 0.3) is 11.0 Å². The van der Waals surface area contributed by atoms with Gasteiger partial charge >= 0.3 is 0 Å². The summed E-state index contributed by atoms with van der Waals surface area (Å²) in [5, 5.41) is 4.78. The number of hydrogen-bond donors (Lipinski definition) is 1. The molecule has 0 saturated carbocycles. The predicted molar refractivity (Wildman–Crippen MR) is 91.0 cm³/mol. The molecule has 0 spiro atoms. The third-order valence-corrected chi connectivity index (χ3v) is 4.02. The molecule has 2 heteroatoms. The number of rotatable bonds is 6. The minimum Gasteiger partial charge on any atom is -0.459 e. The molecular formula is C19H29NO. The van der Waals surface area contributed by atoms with Gasteiger partial charge in [-0.25, -0.2) is 0 Å². The molecule has 0 radical (unpaired) electrons. The zero-order valence-electron chi connectivity index (χ0n) is 14.3. The lowest BCUT2D eigenvalue weighted by Gasteiger charge is -2.12. The predicted octanol–water partition coefficient (Wildman–Crippen LogP) is 5.17. The van der Waals surface area contributed by atoms with Crippen molar-refractivity contribution in [2.75, 3.05) is 6.54 Å². The van der Waals surface area contributed by atoms with E-state index in [4.69, 9.17) is 4.42 Å². The Hall–Kier alpha value is -1.28. The summed E-state index contributed by atoms with van der Waals surface area (Å²) < 4.78 is 6.26. The first kappa shape index (κ1) is 16.1. The van der Waals surface area contributed by atoms with Gasteiger partial charge in [-0.2, -0.15) is 0 Å². The number of aryl methyl sites for hydroxylation is 1. The molecule has 0 fully saturated rings. The standard InChI is InChI=1S/C19H29NO/c1-7-20-11-17-16(10-12(2)3)18-15(13(4)5)9-8-14(6)19(18)21-17/h8-9,12-13,20H,7,10-11H2,1-6H3. The Morgan fingerprint density at radius 3 is 2.43 bits per heavy atom. The maximum atomic E-state index is 6.26. The van der Waals surface area contributed by atoms with E-state index in [0.717, 1.165) is 30.9 Å². The zero-order valence-corrected chi connectivity index (χ0v) is 14.3. The quantitative estimate of drug-likeness (QED) is 0.792. The van der Waals surface area contributed by atoms with Crippen LogP contribution in [-0.4, -0.2) is 6.54 Å². The highest BCUT2D eigenvalue weighted by molar-refractivity contribution is 5.88. The molecule has 0 aliphatic rings. The number of hydrogen-bond acceptors (Lipinski definition) is 2. The van der Waals surface area contributed by atoms with Crippen molar-refractivity contribution in [3.05, 3.63) is 34.6 Å². The first-order valence-electron chi connectivity index (χ1n) is 8.20. The maximum Gasteiger partial charge on any atom is 0.137 e. The molecule has 0 saturated heterocycles. The van der Waals surface area contributed by atoms with E-state index in [0.29, 0.717) is 11.8 Å². The fraction of sp³-hybridized carbons (Fsp3) is 0.579. The normalized spacial score (nSPS) is 12.0. The van der Waals surface area contributed by atoms with Gasteiger partial charge in [-0.05, 0) is 42.9 Å². The zero-order chi connectivity index (χ0) is 15.6. The average Bonchev–Trinajstić information content (AvgIpc) is 2.76. The van der Waals surface area contributed by atoms with Gasteiger partial charge in [0, 0.05) is 10.9 Å². The minimum atomic E-state index is 0.517.